The Labute approximate surface area is 155 Å². The van der Waals surface area contributed by atoms with Gasteiger partial charge in [0.25, 0.3) is 5.69 Å². The molecule has 0 bridgehead atoms. The van der Waals surface area contributed by atoms with Gasteiger partial charge in [0, 0.05) is 12.1 Å². The topological polar surface area (TPSA) is 116 Å². The van der Waals surface area contributed by atoms with Crippen LogP contribution in [0.4, 0.5) is 5.69 Å². The Morgan fingerprint density at radius 1 is 1.07 bits per heavy atom. The molecule has 0 aliphatic carbocycles. The lowest BCUT2D eigenvalue weighted by Crippen LogP contribution is -2.30. The van der Waals surface area contributed by atoms with Crippen LogP contribution < -0.4 is 4.74 Å². The third-order valence-electron chi connectivity index (χ3n) is 3.80. The standard InChI is InChI=1S/C17H16N2O7S/c1-24-16-7-6-13(19(20)21)10-17(16)27(22,23)18(11-14-4-2-8-25-14)12-15-5-3-9-26-15/h2-10H,11-12H2,1H3. The van der Waals surface area contributed by atoms with Crippen LogP contribution in [0.5, 0.6) is 5.75 Å². The van der Waals surface area contributed by atoms with Crippen LogP contribution in [0.2, 0.25) is 0 Å². The van der Waals surface area contributed by atoms with Crippen molar-refractivity contribution in [2.45, 2.75) is 18.0 Å². The summed E-state index contributed by atoms with van der Waals surface area (Å²) < 4.78 is 43.3. The Morgan fingerprint density at radius 2 is 1.67 bits per heavy atom. The van der Waals surface area contributed by atoms with Crippen LogP contribution in [-0.2, 0) is 23.1 Å². The molecule has 0 atom stereocenters. The number of rotatable bonds is 8. The van der Waals surface area contributed by atoms with E-state index < -0.39 is 14.9 Å². The normalized spacial score (nSPS) is 11.6. The first-order chi connectivity index (χ1) is 12.9. The quantitative estimate of drug-likeness (QED) is 0.427. The molecule has 0 aliphatic heterocycles. The van der Waals surface area contributed by atoms with E-state index in [0.717, 1.165) is 10.4 Å². The molecule has 2 heterocycles. The number of nitrogens with zero attached hydrogens (tertiary/aromatic N) is 2. The van der Waals surface area contributed by atoms with Gasteiger partial charge >= 0.3 is 0 Å². The van der Waals surface area contributed by atoms with Gasteiger partial charge in [-0.25, -0.2) is 8.42 Å². The fourth-order valence-corrected chi connectivity index (χ4v) is 4.05. The highest BCUT2D eigenvalue weighted by atomic mass is 32.2. The smallest absolute Gasteiger partial charge is 0.271 e. The van der Waals surface area contributed by atoms with E-state index in [0.29, 0.717) is 11.5 Å². The highest BCUT2D eigenvalue weighted by Gasteiger charge is 2.31. The summed E-state index contributed by atoms with van der Waals surface area (Å²) in [5.74, 6) is 0.827. The summed E-state index contributed by atoms with van der Waals surface area (Å²) in [6.07, 6.45) is 2.86. The van der Waals surface area contributed by atoms with Crippen LogP contribution in [0.25, 0.3) is 0 Å². The van der Waals surface area contributed by atoms with E-state index >= 15 is 0 Å². The number of hydrogen-bond donors (Lipinski definition) is 0. The van der Waals surface area contributed by atoms with Crippen molar-refractivity contribution in [2.75, 3.05) is 7.11 Å². The van der Waals surface area contributed by atoms with Gasteiger partial charge in [0.15, 0.2) is 0 Å². The van der Waals surface area contributed by atoms with Gasteiger partial charge in [-0.1, -0.05) is 0 Å². The molecule has 0 fully saturated rings. The summed E-state index contributed by atoms with van der Waals surface area (Å²) >= 11 is 0. The Morgan fingerprint density at radius 3 is 2.11 bits per heavy atom. The fraction of sp³-hybridized carbons (Fsp3) is 0.176. The lowest BCUT2D eigenvalue weighted by molar-refractivity contribution is -0.385. The van der Waals surface area contributed by atoms with Crippen LogP contribution in [0.1, 0.15) is 11.5 Å². The fourth-order valence-electron chi connectivity index (χ4n) is 2.50. The number of methoxy groups -OCH3 is 1. The zero-order valence-corrected chi connectivity index (χ0v) is 15.1. The molecule has 3 aromatic rings. The molecule has 0 aliphatic rings. The van der Waals surface area contributed by atoms with E-state index in [9.17, 15) is 18.5 Å². The first-order valence-corrected chi connectivity index (χ1v) is 9.23. The maximum Gasteiger partial charge on any atom is 0.271 e. The molecule has 0 unspecified atom stereocenters. The molecule has 142 valence electrons. The summed E-state index contributed by atoms with van der Waals surface area (Å²) in [6.45, 7) is -0.163. The van der Waals surface area contributed by atoms with Crippen molar-refractivity contribution in [3.05, 3.63) is 76.6 Å². The van der Waals surface area contributed by atoms with Gasteiger partial charge < -0.3 is 13.6 Å². The predicted molar refractivity (Wildman–Crippen MR) is 93.5 cm³/mol. The van der Waals surface area contributed by atoms with Gasteiger partial charge in [0.05, 0.1) is 37.6 Å². The number of nitro groups is 1. The SMILES string of the molecule is COc1ccc([N+](=O)[O-])cc1S(=O)(=O)N(Cc1ccco1)Cc1ccco1. The Balaban J connectivity index is 2.06. The largest absolute Gasteiger partial charge is 0.495 e. The van der Waals surface area contributed by atoms with Crippen molar-refractivity contribution < 1.29 is 26.9 Å². The number of hydrogen-bond acceptors (Lipinski definition) is 7. The van der Waals surface area contributed by atoms with Gasteiger partial charge in [-0.3, -0.25) is 10.1 Å². The van der Waals surface area contributed by atoms with Gasteiger partial charge in [0.2, 0.25) is 10.0 Å². The van der Waals surface area contributed by atoms with Crippen LogP contribution >= 0.6 is 0 Å². The summed E-state index contributed by atoms with van der Waals surface area (Å²) in [5, 5.41) is 11.1. The van der Waals surface area contributed by atoms with Crippen molar-refractivity contribution >= 4 is 15.7 Å². The van der Waals surface area contributed by atoms with Crippen LogP contribution in [-0.4, -0.2) is 24.8 Å². The number of nitro benzene ring substituents is 1. The summed E-state index contributed by atoms with van der Waals surface area (Å²) in [7, 11) is -2.87. The molecular weight excluding hydrogens is 376 g/mol. The lowest BCUT2D eigenvalue weighted by Gasteiger charge is -2.21. The Kier molecular flexibility index (Phi) is 5.28. The lowest BCUT2D eigenvalue weighted by atomic mass is 10.3. The van der Waals surface area contributed by atoms with E-state index in [1.54, 1.807) is 24.3 Å². The maximum absolute atomic E-state index is 13.3. The minimum Gasteiger partial charge on any atom is -0.495 e. The molecular formula is C17H16N2O7S. The second-order valence-electron chi connectivity index (χ2n) is 5.52. The molecule has 0 N–H and O–H groups in total. The zero-order valence-electron chi connectivity index (χ0n) is 14.3. The minimum atomic E-state index is -4.17. The molecule has 0 saturated heterocycles. The highest BCUT2D eigenvalue weighted by molar-refractivity contribution is 7.89. The first-order valence-electron chi connectivity index (χ1n) is 7.79. The number of benzene rings is 1. The number of sulfonamides is 1. The van der Waals surface area contributed by atoms with E-state index in [1.165, 1.54) is 31.8 Å². The van der Waals surface area contributed by atoms with E-state index in [2.05, 4.69) is 0 Å². The third-order valence-corrected chi connectivity index (χ3v) is 5.61. The number of furan rings is 2. The molecule has 0 amide bonds. The maximum atomic E-state index is 13.3. The number of ether oxygens (including phenoxy) is 1. The average Bonchev–Trinajstić information content (AvgIpc) is 3.34. The van der Waals surface area contributed by atoms with Crippen molar-refractivity contribution in [2.24, 2.45) is 0 Å². The number of non-ortho nitro benzene ring substituents is 1. The predicted octanol–water partition coefficient (Wildman–Crippen LogP) is 3.18. The molecule has 3 rings (SSSR count). The zero-order chi connectivity index (χ0) is 19.4. The first kappa shape index (κ1) is 18.7. The van der Waals surface area contributed by atoms with E-state index in [1.807, 2.05) is 0 Å². The third kappa shape index (κ3) is 4.01. The average molecular weight is 392 g/mol. The van der Waals surface area contributed by atoms with Crippen molar-refractivity contribution in [3.63, 3.8) is 0 Å². The molecule has 0 radical (unpaired) electrons. The summed E-state index contributed by atoms with van der Waals surface area (Å²) in [4.78, 5) is 10.1. The van der Waals surface area contributed by atoms with Crippen LogP contribution in [0, 0.1) is 10.1 Å². The van der Waals surface area contributed by atoms with Crippen molar-refractivity contribution in [3.8, 4) is 5.75 Å². The molecule has 27 heavy (non-hydrogen) atoms. The van der Waals surface area contributed by atoms with Gasteiger partial charge in [0.1, 0.15) is 22.2 Å². The second-order valence-corrected chi connectivity index (χ2v) is 7.43. The van der Waals surface area contributed by atoms with Crippen LogP contribution in [0.3, 0.4) is 0 Å². The minimum absolute atomic E-state index is 0.00416. The molecule has 9 nitrogen and oxygen atoms in total. The molecule has 0 spiro atoms. The molecule has 2 aromatic heterocycles. The van der Waals surface area contributed by atoms with E-state index in [-0.39, 0.29) is 29.4 Å². The van der Waals surface area contributed by atoms with Gasteiger partial charge in [-0.05, 0) is 30.3 Å². The van der Waals surface area contributed by atoms with Gasteiger partial charge in [-0.15, -0.1) is 0 Å². The molecule has 1 aromatic carbocycles. The Bertz CT molecular complexity index is 976. The summed E-state index contributed by atoms with van der Waals surface area (Å²) in [6, 6.07) is 9.96. The van der Waals surface area contributed by atoms with E-state index in [4.69, 9.17) is 13.6 Å². The Hall–Kier alpha value is -3.11. The monoisotopic (exact) mass is 392 g/mol. The summed E-state index contributed by atoms with van der Waals surface area (Å²) in [5.41, 5.74) is -0.356. The molecule has 0 saturated carbocycles. The second kappa shape index (κ2) is 7.64. The van der Waals surface area contributed by atoms with Crippen molar-refractivity contribution in [1.82, 2.24) is 4.31 Å². The van der Waals surface area contributed by atoms with Gasteiger partial charge in [-0.2, -0.15) is 4.31 Å². The van der Waals surface area contributed by atoms with Crippen LogP contribution in [0.15, 0.2) is 68.7 Å². The van der Waals surface area contributed by atoms with Crippen molar-refractivity contribution in [1.29, 1.82) is 0 Å². The molecule has 10 heteroatoms. The highest BCUT2D eigenvalue weighted by Crippen LogP contribution is 2.32.